The van der Waals surface area contributed by atoms with Crippen molar-refractivity contribution in [1.29, 1.82) is 0 Å². The van der Waals surface area contributed by atoms with Crippen LogP contribution in [0.15, 0.2) is 48.5 Å². The quantitative estimate of drug-likeness (QED) is 0.467. The van der Waals surface area contributed by atoms with Gasteiger partial charge in [-0.25, -0.2) is 9.07 Å². The molecule has 0 aliphatic heterocycles. The molecule has 2 aliphatic rings. The van der Waals surface area contributed by atoms with E-state index in [-0.39, 0.29) is 5.82 Å². The van der Waals surface area contributed by atoms with E-state index in [0.717, 1.165) is 25.1 Å². The number of aromatic nitrogens is 3. The van der Waals surface area contributed by atoms with Crippen LogP contribution in [0.2, 0.25) is 0 Å². The van der Waals surface area contributed by atoms with Crippen molar-refractivity contribution in [1.82, 2.24) is 19.2 Å². The van der Waals surface area contributed by atoms with E-state index >= 15 is 0 Å². The highest BCUT2D eigenvalue weighted by Gasteiger charge is 2.32. The van der Waals surface area contributed by atoms with Gasteiger partial charge in [0, 0.05) is 18.6 Å². The van der Waals surface area contributed by atoms with Gasteiger partial charge < -0.3 is 4.74 Å². The summed E-state index contributed by atoms with van der Waals surface area (Å²) < 4.78 is 24.4. The van der Waals surface area contributed by atoms with E-state index in [4.69, 9.17) is 22.1 Å². The van der Waals surface area contributed by atoms with Crippen molar-refractivity contribution in [2.75, 3.05) is 7.11 Å². The Kier molecular flexibility index (Phi) is 5.16. The van der Waals surface area contributed by atoms with E-state index in [1.807, 2.05) is 27.4 Å². The van der Waals surface area contributed by atoms with E-state index in [1.165, 1.54) is 24.5 Å². The van der Waals surface area contributed by atoms with Crippen molar-refractivity contribution in [2.45, 2.75) is 51.0 Å². The molecule has 0 unspecified atom stereocenters. The third-order valence-electron chi connectivity index (χ3n) is 5.82. The fourth-order valence-corrected chi connectivity index (χ4v) is 4.21. The van der Waals surface area contributed by atoms with Crippen LogP contribution in [-0.2, 0) is 13.2 Å². The standard InChI is InChI=1S/C23H25FN4OS/c1-29-19-12-6-16(7-13-19)14-26(17-8-9-17)15-27-23(30)28(18-10-11-18)22(25-27)20-4-2-3-5-21(20)24/h2-7,12-13,17-18H,8-11,14-15H2,1H3. The maximum atomic E-state index is 14.5. The Balaban J connectivity index is 1.45. The SMILES string of the molecule is COc1ccc(CN(Cn2nc(-c3ccccc3F)n(C3CC3)c2=S)C2CC2)cc1. The summed E-state index contributed by atoms with van der Waals surface area (Å²) in [6, 6.07) is 15.9. The normalized spacial score (nSPS) is 16.2. The van der Waals surface area contributed by atoms with Gasteiger partial charge >= 0.3 is 0 Å². The molecule has 3 aromatic rings. The van der Waals surface area contributed by atoms with Crippen molar-refractivity contribution in [3.05, 3.63) is 64.7 Å². The minimum Gasteiger partial charge on any atom is -0.497 e. The molecule has 0 amide bonds. The maximum Gasteiger partial charge on any atom is 0.199 e. The lowest BCUT2D eigenvalue weighted by Gasteiger charge is -2.22. The average Bonchev–Trinajstić information content (AvgIpc) is 3.68. The molecule has 7 heteroatoms. The summed E-state index contributed by atoms with van der Waals surface area (Å²) in [5.41, 5.74) is 1.74. The van der Waals surface area contributed by atoms with Crippen molar-refractivity contribution in [3.8, 4) is 17.1 Å². The predicted molar refractivity (Wildman–Crippen MR) is 116 cm³/mol. The molecule has 156 valence electrons. The molecule has 0 radical (unpaired) electrons. The number of nitrogens with zero attached hydrogens (tertiary/aromatic N) is 4. The fourth-order valence-electron chi connectivity index (χ4n) is 3.87. The Labute approximate surface area is 180 Å². The molecule has 0 saturated heterocycles. The molecule has 2 saturated carbocycles. The number of hydrogen-bond donors (Lipinski definition) is 0. The van der Waals surface area contributed by atoms with Gasteiger partial charge in [0.25, 0.3) is 0 Å². The van der Waals surface area contributed by atoms with Crippen LogP contribution in [0.25, 0.3) is 11.4 Å². The first-order valence-corrected chi connectivity index (χ1v) is 10.9. The lowest BCUT2D eigenvalue weighted by atomic mass is 10.2. The van der Waals surface area contributed by atoms with Gasteiger partial charge in [0.05, 0.1) is 19.3 Å². The van der Waals surface area contributed by atoms with E-state index in [9.17, 15) is 4.39 Å². The molecule has 5 rings (SSSR count). The summed E-state index contributed by atoms with van der Waals surface area (Å²) in [6.45, 7) is 1.43. The molecule has 1 heterocycles. The summed E-state index contributed by atoms with van der Waals surface area (Å²) >= 11 is 5.79. The molecular weight excluding hydrogens is 399 g/mol. The van der Waals surface area contributed by atoms with E-state index in [2.05, 4.69) is 17.0 Å². The van der Waals surface area contributed by atoms with Gasteiger partial charge in [0.2, 0.25) is 0 Å². The second kappa shape index (κ2) is 7.96. The summed E-state index contributed by atoms with van der Waals surface area (Å²) in [5, 5.41) is 4.79. The number of hydrogen-bond acceptors (Lipinski definition) is 4. The number of methoxy groups -OCH3 is 1. The molecule has 0 N–H and O–H groups in total. The summed E-state index contributed by atoms with van der Waals surface area (Å²) in [7, 11) is 1.68. The van der Waals surface area contributed by atoms with Crippen LogP contribution in [-0.4, -0.2) is 32.4 Å². The zero-order valence-corrected chi connectivity index (χ0v) is 17.8. The second-order valence-electron chi connectivity index (χ2n) is 8.15. The third-order valence-corrected chi connectivity index (χ3v) is 6.23. The second-order valence-corrected chi connectivity index (χ2v) is 8.52. The monoisotopic (exact) mass is 424 g/mol. The lowest BCUT2D eigenvalue weighted by Crippen LogP contribution is -2.29. The maximum absolute atomic E-state index is 14.5. The zero-order valence-electron chi connectivity index (χ0n) is 17.0. The Bertz CT molecular complexity index is 1100. The van der Waals surface area contributed by atoms with E-state index in [1.54, 1.807) is 19.2 Å². The molecule has 30 heavy (non-hydrogen) atoms. The zero-order chi connectivity index (χ0) is 20.7. The van der Waals surface area contributed by atoms with Gasteiger partial charge in [-0.05, 0) is 67.7 Å². The number of ether oxygens (including phenoxy) is 1. The largest absolute Gasteiger partial charge is 0.497 e. The summed E-state index contributed by atoms with van der Waals surface area (Å²) in [5.74, 6) is 1.24. The molecule has 0 atom stereocenters. The van der Waals surface area contributed by atoms with Gasteiger partial charge in [-0.3, -0.25) is 9.47 Å². The van der Waals surface area contributed by atoms with Crippen molar-refractivity contribution in [3.63, 3.8) is 0 Å². The van der Waals surface area contributed by atoms with Gasteiger partial charge in [-0.1, -0.05) is 24.3 Å². The summed E-state index contributed by atoms with van der Waals surface area (Å²) in [6.07, 6.45) is 4.51. The molecule has 2 fully saturated rings. The fraction of sp³-hybridized carbons (Fsp3) is 0.391. The van der Waals surface area contributed by atoms with Crippen LogP contribution in [0.1, 0.15) is 37.3 Å². The predicted octanol–water partition coefficient (Wildman–Crippen LogP) is 5.19. The Morgan fingerprint density at radius 2 is 1.83 bits per heavy atom. The highest BCUT2D eigenvalue weighted by Crippen LogP contribution is 2.39. The van der Waals surface area contributed by atoms with Crippen LogP contribution < -0.4 is 4.74 Å². The van der Waals surface area contributed by atoms with Gasteiger partial charge in [0.1, 0.15) is 11.6 Å². The number of halogens is 1. The Morgan fingerprint density at radius 3 is 2.47 bits per heavy atom. The topological polar surface area (TPSA) is 35.2 Å². The van der Waals surface area contributed by atoms with Crippen LogP contribution in [0.3, 0.4) is 0 Å². The summed E-state index contributed by atoms with van der Waals surface area (Å²) in [4.78, 5) is 2.41. The van der Waals surface area contributed by atoms with Gasteiger partial charge in [-0.15, -0.1) is 0 Å². The van der Waals surface area contributed by atoms with Crippen LogP contribution in [0.5, 0.6) is 5.75 Å². The van der Waals surface area contributed by atoms with Crippen LogP contribution in [0.4, 0.5) is 4.39 Å². The van der Waals surface area contributed by atoms with Crippen molar-refractivity contribution in [2.24, 2.45) is 0 Å². The van der Waals surface area contributed by atoms with Gasteiger partial charge in [-0.2, -0.15) is 5.10 Å². The number of benzene rings is 2. The minimum absolute atomic E-state index is 0.260. The average molecular weight is 425 g/mol. The van der Waals surface area contributed by atoms with Gasteiger partial charge in [0.15, 0.2) is 10.6 Å². The van der Waals surface area contributed by atoms with Crippen LogP contribution in [0, 0.1) is 10.6 Å². The third kappa shape index (κ3) is 3.91. The van der Waals surface area contributed by atoms with E-state index in [0.29, 0.717) is 34.9 Å². The smallest absolute Gasteiger partial charge is 0.199 e. The molecule has 0 spiro atoms. The minimum atomic E-state index is -0.260. The molecule has 5 nitrogen and oxygen atoms in total. The molecule has 1 aromatic heterocycles. The van der Waals surface area contributed by atoms with Crippen molar-refractivity contribution >= 4 is 12.2 Å². The van der Waals surface area contributed by atoms with Crippen molar-refractivity contribution < 1.29 is 9.13 Å². The number of rotatable bonds is 8. The van der Waals surface area contributed by atoms with Crippen LogP contribution >= 0.6 is 12.2 Å². The Hall–Kier alpha value is -2.51. The molecule has 2 aliphatic carbocycles. The first-order valence-electron chi connectivity index (χ1n) is 10.5. The first-order chi connectivity index (χ1) is 14.6. The molecular formula is C23H25FN4OS. The highest BCUT2D eigenvalue weighted by atomic mass is 32.1. The first kappa shape index (κ1) is 19.5. The molecule has 2 aromatic carbocycles. The highest BCUT2D eigenvalue weighted by molar-refractivity contribution is 7.71. The lowest BCUT2D eigenvalue weighted by molar-refractivity contribution is 0.186. The van der Waals surface area contributed by atoms with E-state index < -0.39 is 0 Å². The molecule has 0 bridgehead atoms. The Morgan fingerprint density at radius 1 is 1.10 bits per heavy atom.